The zero-order valence-corrected chi connectivity index (χ0v) is 22.6. The van der Waals surface area contributed by atoms with Crippen LogP contribution < -0.4 is 10.2 Å². The summed E-state index contributed by atoms with van der Waals surface area (Å²) in [6.45, 7) is 7.64. The summed E-state index contributed by atoms with van der Waals surface area (Å²) in [7, 11) is 1.91. The summed E-state index contributed by atoms with van der Waals surface area (Å²) in [4.78, 5) is 18.0. The number of carbonyl (C=O) groups is 1. The average molecular weight is 532 g/mol. The van der Waals surface area contributed by atoms with Gasteiger partial charge in [-0.15, -0.1) is 0 Å². The van der Waals surface area contributed by atoms with Gasteiger partial charge in [0.1, 0.15) is 12.4 Å². The fourth-order valence-electron chi connectivity index (χ4n) is 4.96. The molecule has 1 saturated carbocycles. The van der Waals surface area contributed by atoms with Crippen LogP contribution in [0.5, 0.6) is 5.75 Å². The molecule has 1 amide bonds. The molecule has 9 heteroatoms. The number of rotatable bonds is 7. The lowest BCUT2D eigenvalue weighted by Crippen LogP contribution is -2.29. The molecule has 1 aliphatic rings. The second kappa shape index (κ2) is 10.6. The van der Waals surface area contributed by atoms with Gasteiger partial charge in [0, 0.05) is 19.0 Å². The van der Waals surface area contributed by atoms with Crippen molar-refractivity contribution in [1.82, 2.24) is 9.36 Å². The van der Waals surface area contributed by atoms with Crippen molar-refractivity contribution in [3.8, 4) is 5.75 Å². The van der Waals surface area contributed by atoms with Crippen LogP contribution in [0, 0.1) is 5.92 Å². The van der Waals surface area contributed by atoms with Gasteiger partial charge in [-0.2, -0.15) is 18.2 Å². The van der Waals surface area contributed by atoms with E-state index in [-0.39, 0.29) is 23.8 Å². The van der Waals surface area contributed by atoms with Crippen LogP contribution in [0.3, 0.4) is 0 Å². The van der Waals surface area contributed by atoms with Crippen LogP contribution in [0.4, 0.5) is 13.2 Å². The van der Waals surface area contributed by atoms with Crippen LogP contribution in [0.25, 0.3) is 10.9 Å². The molecule has 206 valence electrons. The van der Waals surface area contributed by atoms with Crippen molar-refractivity contribution in [3.05, 3.63) is 58.6 Å². The summed E-state index contributed by atoms with van der Waals surface area (Å²) in [5.41, 5.74) is -0.116. The fourth-order valence-corrected chi connectivity index (χ4v) is 4.96. The molecule has 0 radical (unpaired) electrons. The number of fused-ring (bicyclic) bond motifs is 1. The van der Waals surface area contributed by atoms with E-state index in [1.54, 1.807) is 0 Å². The number of aryl methyl sites for hydroxylation is 1. The van der Waals surface area contributed by atoms with E-state index in [1.807, 2.05) is 34.6 Å². The monoisotopic (exact) mass is 531 g/mol. The lowest BCUT2D eigenvalue weighted by molar-refractivity contribution is -0.137. The molecule has 1 N–H and O–H groups in total. The summed E-state index contributed by atoms with van der Waals surface area (Å²) in [6, 6.07) is 8.81. The number of amides is 1. The quantitative estimate of drug-likeness (QED) is 0.395. The van der Waals surface area contributed by atoms with E-state index >= 15 is 0 Å². The molecule has 0 spiro atoms. The minimum Gasteiger partial charge on any atom is -0.490 e. The molecule has 4 rings (SSSR count). The Morgan fingerprint density at radius 1 is 1.13 bits per heavy atom. The highest BCUT2D eigenvalue weighted by atomic mass is 19.4. The van der Waals surface area contributed by atoms with Crippen molar-refractivity contribution in [3.63, 3.8) is 0 Å². The van der Waals surface area contributed by atoms with Gasteiger partial charge >= 0.3 is 6.18 Å². The number of aliphatic hydroxyl groups is 1. The first-order chi connectivity index (χ1) is 17.7. The van der Waals surface area contributed by atoms with E-state index in [0.717, 1.165) is 60.3 Å². The highest BCUT2D eigenvalue weighted by Crippen LogP contribution is 2.33. The third-order valence-electron chi connectivity index (χ3n) is 7.11. The Balaban J connectivity index is 1.90. The van der Waals surface area contributed by atoms with Gasteiger partial charge in [0.2, 0.25) is 0 Å². The number of halogens is 3. The molecule has 1 aromatic heterocycles. The second-order valence-electron chi connectivity index (χ2n) is 11.2. The van der Waals surface area contributed by atoms with Crippen LogP contribution in [0.1, 0.15) is 80.8 Å². The smallest absolute Gasteiger partial charge is 0.416 e. The molecule has 6 nitrogen and oxygen atoms in total. The third-order valence-corrected chi connectivity index (χ3v) is 7.11. The topological polar surface area (TPSA) is 68.8 Å². The molecule has 1 heterocycles. The van der Waals surface area contributed by atoms with Crippen molar-refractivity contribution in [1.29, 1.82) is 0 Å². The standard InChI is InChI=1S/C29H36F3N3O3/c1-18(2)20-10-12-24-22(14-20)26(35(34(24)5)16-19-8-6-7-9-19)33-27(36)23-15-21(29(30,31)32)11-13-25(23)38-17-28(3,4)37/h10-15,18-19,37H,6-9,16-17H2,1-5H3. The van der Waals surface area contributed by atoms with E-state index < -0.39 is 23.2 Å². The highest BCUT2D eigenvalue weighted by molar-refractivity contribution is 5.98. The predicted molar refractivity (Wildman–Crippen MR) is 140 cm³/mol. The van der Waals surface area contributed by atoms with Crippen LogP contribution in [0.15, 0.2) is 41.4 Å². The van der Waals surface area contributed by atoms with Crippen LogP contribution in [-0.4, -0.2) is 32.6 Å². The van der Waals surface area contributed by atoms with Crippen molar-refractivity contribution in [2.24, 2.45) is 18.0 Å². The van der Waals surface area contributed by atoms with Crippen molar-refractivity contribution < 1.29 is 27.8 Å². The molecule has 1 fully saturated rings. The Bertz CT molecular complexity index is 1390. The van der Waals surface area contributed by atoms with E-state index in [4.69, 9.17) is 4.74 Å². The van der Waals surface area contributed by atoms with E-state index in [9.17, 15) is 23.1 Å². The molecule has 0 atom stereocenters. The predicted octanol–water partition coefficient (Wildman–Crippen LogP) is 6.20. The van der Waals surface area contributed by atoms with Gasteiger partial charge in [-0.3, -0.25) is 14.2 Å². The molecular formula is C29H36F3N3O3. The van der Waals surface area contributed by atoms with Crippen LogP contribution in [-0.2, 0) is 19.8 Å². The Labute approximate surface area is 220 Å². The maximum atomic E-state index is 13.6. The molecular weight excluding hydrogens is 495 g/mol. The number of ether oxygens (including phenoxy) is 1. The van der Waals surface area contributed by atoms with Gasteiger partial charge in [-0.25, -0.2) is 0 Å². The number of hydrogen-bond acceptors (Lipinski definition) is 3. The van der Waals surface area contributed by atoms with Crippen LogP contribution >= 0.6 is 0 Å². The van der Waals surface area contributed by atoms with Gasteiger partial charge in [0.25, 0.3) is 5.91 Å². The Morgan fingerprint density at radius 2 is 1.82 bits per heavy atom. The highest BCUT2D eigenvalue weighted by Gasteiger charge is 2.32. The number of hydrogen-bond donors (Lipinski definition) is 1. The van der Waals surface area contributed by atoms with Crippen LogP contribution in [0.2, 0.25) is 0 Å². The summed E-state index contributed by atoms with van der Waals surface area (Å²) in [6.07, 6.45) is -0.157. The first-order valence-electron chi connectivity index (χ1n) is 13.1. The Kier molecular flexibility index (Phi) is 7.79. The molecule has 2 aromatic carbocycles. The Morgan fingerprint density at radius 3 is 2.42 bits per heavy atom. The van der Waals surface area contributed by atoms with E-state index in [1.165, 1.54) is 13.8 Å². The Hall–Kier alpha value is -3.07. The van der Waals surface area contributed by atoms with Crippen molar-refractivity contribution in [2.45, 2.75) is 77.6 Å². The number of carbonyl (C=O) groups excluding carboxylic acids is 1. The largest absolute Gasteiger partial charge is 0.490 e. The van der Waals surface area contributed by atoms with Gasteiger partial charge in [-0.1, -0.05) is 32.8 Å². The average Bonchev–Trinajstić information content (AvgIpc) is 3.44. The molecule has 0 unspecified atom stereocenters. The first-order valence-corrected chi connectivity index (χ1v) is 13.1. The number of benzene rings is 2. The van der Waals surface area contributed by atoms with Gasteiger partial charge in [-0.05, 0) is 74.4 Å². The van der Waals surface area contributed by atoms with Crippen molar-refractivity contribution >= 4 is 16.8 Å². The maximum absolute atomic E-state index is 13.6. The van der Waals surface area contributed by atoms with E-state index in [0.29, 0.717) is 18.0 Å². The molecule has 0 bridgehead atoms. The first kappa shape index (κ1) is 28.0. The molecule has 38 heavy (non-hydrogen) atoms. The van der Waals surface area contributed by atoms with E-state index in [2.05, 4.69) is 18.8 Å². The molecule has 0 aliphatic heterocycles. The molecule has 0 saturated heterocycles. The summed E-state index contributed by atoms with van der Waals surface area (Å²) in [5.74, 6) is -0.198. The fraction of sp³-hybridized carbons (Fsp3) is 0.517. The minimum absolute atomic E-state index is 0.0562. The number of aromatic nitrogens is 2. The third kappa shape index (κ3) is 6.14. The lowest BCUT2D eigenvalue weighted by Gasteiger charge is -2.19. The zero-order chi connectivity index (χ0) is 27.8. The summed E-state index contributed by atoms with van der Waals surface area (Å²) >= 11 is 0. The number of alkyl halides is 3. The molecule has 3 aromatic rings. The van der Waals surface area contributed by atoms with Crippen molar-refractivity contribution in [2.75, 3.05) is 6.61 Å². The zero-order valence-electron chi connectivity index (χ0n) is 22.6. The normalized spacial score (nSPS) is 15.7. The maximum Gasteiger partial charge on any atom is 0.416 e. The van der Waals surface area contributed by atoms with Gasteiger partial charge in [0.05, 0.1) is 22.2 Å². The lowest BCUT2D eigenvalue weighted by atomic mass is 10.0. The minimum atomic E-state index is -4.64. The SMILES string of the molecule is CC(C)c1ccc2c(c1)c(=NC(=O)c1cc(C(F)(F)F)ccc1OCC(C)(C)O)n(CC1CCCC1)n2C. The van der Waals surface area contributed by atoms with Gasteiger partial charge in [0.15, 0.2) is 5.49 Å². The molecule has 1 aliphatic carbocycles. The number of nitrogens with zero attached hydrogens (tertiary/aromatic N) is 3. The summed E-state index contributed by atoms with van der Waals surface area (Å²) < 4.78 is 50.2. The van der Waals surface area contributed by atoms with Gasteiger partial charge < -0.3 is 9.84 Å². The second-order valence-corrected chi connectivity index (χ2v) is 11.2. The summed E-state index contributed by atoms with van der Waals surface area (Å²) in [5, 5.41) is 10.8.